The van der Waals surface area contributed by atoms with Gasteiger partial charge in [0.15, 0.2) is 5.65 Å². The first-order valence-corrected chi connectivity index (χ1v) is 7.50. The third-order valence-electron chi connectivity index (χ3n) is 4.42. The van der Waals surface area contributed by atoms with E-state index in [4.69, 9.17) is 11.6 Å². The molecular formula is C14H18ClN5. The second-order valence-corrected chi connectivity index (χ2v) is 6.50. The Hall–Kier alpha value is -1.33. The molecule has 20 heavy (non-hydrogen) atoms. The lowest BCUT2D eigenvalue weighted by Gasteiger charge is -2.45. The van der Waals surface area contributed by atoms with Gasteiger partial charge in [-0.05, 0) is 49.0 Å². The van der Waals surface area contributed by atoms with E-state index in [-0.39, 0.29) is 0 Å². The van der Waals surface area contributed by atoms with E-state index in [0.717, 1.165) is 30.6 Å². The highest BCUT2D eigenvalue weighted by atomic mass is 35.5. The van der Waals surface area contributed by atoms with Crippen molar-refractivity contribution in [1.29, 1.82) is 0 Å². The number of likely N-dealkylation sites (tertiary alicyclic amines) is 1. The summed E-state index contributed by atoms with van der Waals surface area (Å²) >= 11 is 5.85. The average molecular weight is 292 g/mol. The zero-order chi connectivity index (χ0) is 13.7. The van der Waals surface area contributed by atoms with Crippen LogP contribution in [0.5, 0.6) is 0 Å². The second-order valence-electron chi connectivity index (χ2n) is 6.16. The van der Waals surface area contributed by atoms with E-state index in [1.807, 2.05) is 12.3 Å². The number of hydrogen-bond acceptors (Lipinski definition) is 4. The molecule has 2 fully saturated rings. The van der Waals surface area contributed by atoms with Crippen molar-refractivity contribution >= 4 is 22.9 Å². The molecule has 0 radical (unpaired) electrons. The van der Waals surface area contributed by atoms with Crippen molar-refractivity contribution in [2.75, 3.05) is 38.1 Å². The van der Waals surface area contributed by atoms with Gasteiger partial charge in [-0.1, -0.05) is 0 Å². The molecule has 106 valence electrons. The van der Waals surface area contributed by atoms with Gasteiger partial charge in [0.05, 0.1) is 11.9 Å². The zero-order valence-corrected chi connectivity index (χ0v) is 12.3. The van der Waals surface area contributed by atoms with E-state index < -0.39 is 0 Å². The summed E-state index contributed by atoms with van der Waals surface area (Å²) in [5.74, 6) is 1.56. The molecular weight excluding hydrogens is 274 g/mol. The monoisotopic (exact) mass is 291 g/mol. The molecule has 2 saturated heterocycles. The van der Waals surface area contributed by atoms with Gasteiger partial charge in [-0.3, -0.25) is 0 Å². The minimum atomic E-state index is 0.305. The first-order chi connectivity index (χ1) is 9.67. The zero-order valence-electron chi connectivity index (χ0n) is 11.5. The first kappa shape index (κ1) is 12.4. The summed E-state index contributed by atoms with van der Waals surface area (Å²) in [6.07, 6.45) is 3.41. The maximum Gasteiger partial charge on any atom is 0.243 e. The molecule has 2 aromatic rings. The van der Waals surface area contributed by atoms with Crippen molar-refractivity contribution in [3.63, 3.8) is 0 Å². The van der Waals surface area contributed by atoms with Crippen molar-refractivity contribution in [1.82, 2.24) is 19.5 Å². The molecule has 0 amide bonds. The average Bonchev–Trinajstić information content (AvgIpc) is 2.76. The number of nitrogens with zero attached hydrogens (tertiary/aromatic N) is 5. The molecule has 0 saturated carbocycles. The number of halogens is 1. The third kappa shape index (κ3) is 2.15. The quantitative estimate of drug-likeness (QED) is 0.802. The largest absolute Gasteiger partial charge is 0.370 e. The molecule has 0 aromatic carbocycles. The lowest BCUT2D eigenvalue weighted by atomic mass is 9.85. The topological polar surface area (TPSA) is 36.7 Å². The number of anilines is 1. The van der Waals surface area contributed by atoms with Crippen LogP contribution in [0.25, 0.3) is 5.65 Å². The van der Waals surface area contributed by atoms with Gasteiger partial charge in [-0.25, -0.2) is 4.52 Å². The summed E-state index contributed by atoms with van der Waals surface area (Å²) in [5.41, 5.74) is 2.02. The van der Waals surface area contributed by atoms with E-state index in [2.05, 4.69) is 33.0 Å². The van der Waals surface area contributed by atoms with Crippen LogP contribution in [0.1, 0.15) is 6.42 Å². The fourth-order valence-electron chi connectivity index (χ4n) is 3.78. The number of rotatable bonds is 1. The van der Waals surface area contributed by atoms with Gasteiger partial charge < -0.3 is 9.80 Å². The Bertz CT molecular complexity index is 622. The van der Waals surface area contributed by atoms with E-state index >= 15 is 0 Å². The van der Waals surface area contributed by atoms with Gasteiger partial charge in [0.25, 0.3) is 0 Å². The highest BCUT2D eigenvalue weighted by Gasteiger charge is 2.32. The number of aromatic nitrogens is 3. The molecule has 0 N–H and O–H groups in total. The summed E-state index contributed by atoms with van der Waals surface area (Å²) in [6, 6.07) is 4.12. The van der Waals surface area contributed by atoms with E-state index in [1.165, 1.54) is 25.2 Å². The Kier molecular flexibility index (Phi) is 2.86. The van der Waals surface area contributed by atoms with Gasteiger partial charge in [-0.2, -0.15) is 4.98 Å². The standard InChI is InChI=1S/C14H18ClN5/c1-18-5-10-4-11(6-18)8-19(7-10)12-2-3-13-16-14(15)17-20(13)9-12/h2-3,9-11H,4-8H2,1H3. The number of fused-ring (bicyclic) bond motifs is 3. The van der Waals surface area contributed by atoms with Crippen LogP contribution in [0.15, 0.2) is 18.3 Å². The highest BCUT2D eigenvalue weighted by molar-refractivity contribution is 6.28. The maximum absolute atomic E-state index is 5.85. The summed E-state index contributed by atoms with van der Waals surface area (Å²) in [4.78, 5) is 9.11. The van der Waals surface area contributed by atoms with Crippen LogP contribution in [0.2, 0.25) is 5.28 Å². The normalized spacial score (nSPS) is 27.2. The molecule has 2 aliphatic heterocycles. The van der Waals surface area contributed by atoms with Crippen molar-refractivity contribution < 1.29 is 0 Å². The molecule has 2 aromatic heterocycles. The SMILES string of the molecule is CN1CC2CC(C1)CN(c1ccc3nc(Cl)nn3c1)C2. The molecule has 4 heterocycles. The Balaban J connectivity index is 1.62. The lowest BCUT2D eigenvalue weighted by molar-refractivity contribution is 0.133. The number of hydrogen-bond donors (Lipinski definition) is 0. The van der Waals surface area contributed by atoms with Crippen molar-refractivity contribution in [3.05, 3.63) is 23.6 Å². The van der Waals surface area contributed by atoms with Gasteiger partial charge in [0, 0.05) is 26.2 Å². The molecule has 5 nitrogen and oxygen atoms in total. The van der Waals surface area contributed by atoms with Gasteiger partial charge in [0.1, 0.15) is 0 Å². The van der Waals surface area contributed by atoms with Crippen molar-refractivity contribution in [3.8, 4) is 0 Å². The smallest absolute Gasteiger partial charge is 0.243 e. The van der Waals surface area contributed by atoms with Crippen LogP contribution >= 0.6 is 11.6 Å². The Labute approximate surface area is 123 Å². The lowest BCUT2D eigenvalue weighted by Crippen LogP contribution is -2.51. The summed E-state index contributed by atoms with van der Waals surface area (Å²) in [5, 5.41) is 4.49. The molecule has 2 unspecified atom stereocenters. The molecule has 0 spiro atoms. The molecule has 2 atom stereocenters. The van der Waals surface area contributed by atoms with Crippen LogP contribution in [0, 0.1) is 11.8 Å². The fraction of sp³-hybridized carbons (Fsp3) is 0.571. The van der Waals surface area contributed by atoms with Crippen LogP contribution in [-0.2, 0) is 0 Å². The number of pyridine rings is 1. The van der Waals surface area contributed by atoms with Crippen LogP contribution in [0.4, 0.5) is 5.69 Å². The molecule has 6 heteroatoms. The van der Waals surface area contributed by atoms with E-state index in [0.29, 0.717) is 5.28 Å². The number of piperidine rings is 2. The predicted octanol–water partition coefficient (Wildman–Crippen LogP) is 1.77. The molecule has 2 aliphatic rings. The molecule has 0 aliphatic carbocycles. The summed E-state index contributed by atoms with van der Waals surface area (Å²) in [6.45, 7) is 4.69. The molecule has 4 rings (SSSR count). The summed E-state index contributed by atoms with van der Waals surface area (Å²) < 4.78 is 1.77. The maximum atomic E-state index is 5.85. The van der Waals surface area contributed by atoms with Crippen molar-refractivity contribution in [2.45, 2.75) is 6.42 Å². The van der Waals surface area contributed by atoms with Gasteiger partial charge in [-0.15, -0.1) is 5.10 Å². The fourth-order valence-corrected chi connectivity index (χ4v) is 3.95. The molecule has 2 bridgehead atoms. The van der Waals surface area contributed by atoms with Crippen LogP contribution in [0.3, 0.4) is 0 Å². The van der Waals surface area contributed by atoms with Gasteiger partial charge in [0.2, 0.25) is 5.28 Å². The Morgan fingerprint density at radius 1 is 1.15 bits per heavy atom. The predicted molar refractivity (Wildman–Crippen MR) is 79.3 cm³/mol. The summed E-state index contributed by atoms with van der Waals surface area (Å²) in [7, 11) is 2.23. The van der Waals surface area contributed by atoms with Crippen molar-refractivity contribution in [2.24, 2.45) is 11.8 Å². The van der Waals surface area contributed by atoms with Crippen LogP contribution < -0.4 is 4.90 Å². The second kappa shape index (κ2) is 4.60. The first-order valence-electron chi connectivity index (χ1n) is 7.13. The minimum absolute atomic E-state index is 0.305. The van der Waals surface area contributed by atoms with Crippen LogP contribution in [-0.4, -0.2) is 52.7 Å². The Morgan fingerprint density at radius 2 is 1.90 bits per heavy atom. The van der Waals surface area contributed by atoms with E-state index in [9.17, 15) is 0 Å². The van der Waals surface area contributed by atoms with Gasteiger partial charge >= 0.3 is 0 Å². The highest BCUT2D eigenvalue weighted by Crippen LogP contribution is 2.31. The Morgan fingerprint density at radius 3 is 2.65 bits per heavy atom. The van der Waals surface area contributed by atoms with E-state index in [1.54, 1.807) is 4.52 Å². The third-order valence-corrected chi connectivity index (χ3v) is 4.58. The minimum Gasteiger partial charge on any atom is -0.370 e.